The summed E-state index contributed by atoms with van der Waals surface area (Å²) in [6.07, 6.45) is 2.19. The van der Waals surface area contributed by atoms with Crippen LogP contribution in [0.5, 0.6) is 0 Å². The Hall–Kier alpha value is 1.17. The van der Waals surface area contributed by atoms with Crippen molar-refractivity contribution in [3.05, 3.63) is 0 Å². The van der Waals surface area contributed by atoms with Crippen molar-refractivity contribution in [1.82, 2.24) is 5.32 Å². The van der Waals surface area contributed by atoms with E-state index in [1.165, 1.54) is 11.8 Å². The van der Waals surface area contributed by atoms with Crippen LogP contribution in [0.3, 0.4) is 0 Å². The summed E-state index contributed by atoms with van der Waals surface area (Å²) in [7, 11) is -4.03. The molecule has 1 atom stereocenters. The predicted octanol–water partition coefficient (Wildman–Crippen LogP) is 1.28. The van der Waals surface area contributed by atoms with Gasteiger partial charge in [-0.25, -0.2) is 0 Å². The topological polar surface area (TPSA) is 83.5 Å². The standard InChI is InChI=1S/C10H19NO4S4.Na.H/c1-3-4-6-17-10(16)18-8(2)9(12)11-5-7-19(13,14)15;;/h8H,3-7H2,1-2H3,(H,11,12)(H,13,14,15);;. The second-order valence-electron chi connectivity index (χ2n) is 3.79. The number of carbonyl (C=O) groups excluding carboxylic acids is 1. The van der Waals surface area contributed by atoms with E-state index in [1.807, 2.05) is 0 Å². The molecule has 0 aromatic carbocycles. The molecule has 0 rings (SSSR count). The van der Waals surface area contributed by atoms with E-state index in [9.17, 15) is 13.2 Å². The van der Waals surface area contributed by atoms with E-state index in [4.69, 9.17) is 16.8 Å². The molecule has 20 heavy (non-hydrogen) atoms. The van der Waals surface area contributed by atoms with Gasteiger partial charge in [-0.2, -0.15) is 8.42 Å². The van der Waals surface area contributed by atoms with Crippen LogP contribution in [0.4, 0.5) is 0 Å². The summed E-state index contributed by atoms with van der Waals surface area (Å²) in [6, 6.07) is 0. The fourth-order valence-corrected chi connectivity index (χ4v) is 4.06. The van der Waals surface area contributed by atoms with E-state index >= 15 is 0 Å². The van der Waals surface area contributed by atoms with Gasteiger partial charge in [0.05, 0.1) is 11.0 Å². The molecule has 10 heteroatoms. The van der Waals surface area contributed by atoms with Crippen molar-refractivity contribution in [3.63, 3.8) is 0 Å². The molecule has 0 bridgehead atoms. The first-order chi connectivity index (χ1) is 8.76. The number of hydrogen-bond acceptors (Lipinski definition) is 6. The number of hydrogen-bond donors (Lipinski definition) is 2. The Morgan fingerprint density at radius 1 is 1.45 bits per heavy atom. The van der Waals surface area contributed by atoms with Gasteiger partial charge in [-0.3, -0.25) is 9.35 Å². The Kier molecular flexibility index (Phi) is 14.9. The Morgan fingerprint density at radius 3 is 2.55 bits per heavy atom. The summed E-state index contributed by atoms with van der Waals surface area (Å²) in [5.41, 5.74) is 0. The number of unbranched alkanes of at least 4 members (excludes halogenated alkanes) is 1. The second-order valence-corrected chi connectivity index (χ2v) is 9.00. The van der Waals surface area contributed by atoms with Crippen LogP contribution in [-0.4, -0.2) is 75.3 Å². The fraction of sp³-hybridized carbons (Fsp3) is 0.800. The van der Waals surface area contributed by atoms with Crippen molar-refractivity contribution < 1.29 is 17.8 Å². The van der Waals surface area contributed by atoms with Crippen LogP contribution in [-0.2, 0) is 14.9 Å². The normalized spacial score (nSPS) is 12.3. The summed E-state index contributed by atoms with van der Waals surface area (Å²) in [6.45, 7) is 3.71. The molecular weight excluding hydrogens is 349 g/mol. The Bertz CT molecular complexity index is 402. The number of rotatable bonds is 8. The van der Waals surface area contributed by atoms with Crippen LogP contribution in [0.2, 0.25) is 0 Å². The summed E-state index contributed by atoms with van der Waals surface area (Å²) in [5, 5.41) is 2.07. The van der Waals surface area contributed by atoms with Gasteiger partial charge in [0.25, 0.3) is 10.1 Å². The molecule has 0 aliphatic rings. The van der Waals surface area contributed by atoms with Crippen LogP contribution < -0.4 is 5.32 Å². The molecule has 0 aliphatic carbocycles. The van der Waals surface area contributed by atoms with Crippen molar-refractivity contribution in [3.8, 4) is 0 Å². The Balaban J connectivity index is 0. The van der Waals surface area contributed by atoms with Gasteiger partial charge >= 0.3 is 29.6 Å². The molecule has 0 aromatic rings. The fourth-order valence-electron chi connectivity index (χ4n) is 0.979. The number of thioether (sulfide) groups is 2. The molecule has 0 saturated carbocycles. The molecule has 0 radical (unpaired) electrons. The van der Waals surface area contributed by atoms with E-state index in [2.05, 4.69) is 12.2 Å². The number of thiocarbonyl (C=S) groups is 1. The molecule has 5 nitrogen and oxygen atoms in total. The van der Waals surface area contributed by atoms with Crippen LogP contribution in [0, 0.1) is 0 Å². The molecular formula is C10H20NNaO4S4. The zero-order chi connectivity index (χ0) is 14.9. The molecule has 2 N–H and O–H groups in total. The van der Waals surface area contributed by atoms with Gasteiger partial charge in [0.15, 0.2) is 0 Å². The molecule has 0 fully saturated rings. The van der Waals surface area contributed by atoms with Gasteiger partial charge in [-0.15, -0.1) is 11.8 Å². The van der Waals surface area contributed by atoms with Crippen molar-refractivity contribution >= 4 is 84.9 Å². The zero-order valence-electron chi connectivity index (χ0n) is 10.9. The molecule has 114 valence electrons. The van der Waals surface area contributed by atoms with Crippen molar-refractivity contribution in [2.24, 2.45) is 0 Å². The van der Waals surface area contributed by atoms with Crippen molar-refractivity contribution in [2.45, 2.75) is 31.9 Å². The molecule has 0 heterocycles. The predicted molar refractivity (Wildman–Crippen MR) is 93.6 cm³/mol. The van der Waals surface area contributed by atoms with Crippen LogP contribution in [0.25, 0.3) is 0 Å². The third kappa shape index (κ3) is 14.1. The van der Waals surface area contributed by atoms with Gasteiger partial charge in [-0.1, -0.05) is 37.3 Å². The third-order valence-electron chi connectivity index (χ3n) is 2.02. The van der Waals surface area contributed by atoms with Crippen LogP contribution in [0.15, 0.2) is 0 Å². The quantitative estimate of drug-likeness (QED) is 0.289. The summed E-state index contributed by atoms with van der Waals surface area (Å²) in [4.78, 5) is 11.6. The van der Waals surface area contributed by atoms with Gasteiger partial charge in [0, 0.05) is 6.54 Å². The first-order valence-electron chi connectivity index (χ1n) is 5.82. The van der Waals surface area contributed by atoms with E-state index < -0.39 is 15.9 Å². The number of amides is 1. The third-order valence-corrected chi connectivity index (χ3v) is 5.51. The monoisotopic (exact) mass is 369 g/mol. The SMILES string of the molecule is CCCCSC(=S)SC(C)C(=O)NCCS(=O)(=O)O.[NaH]. The molecule has 0 spiro atoms. The van der Waals surface area contributed by atoms with Crippen molar-refractivity contribution in [1.29, 1.82) is 0 Å². The molecule has 0 aromatic heterocycles. The zero-order valence-corrected chi connectivity index (χ0v) is 14.2. The Labute approximate surface area is 156 Å². The minimum absolute atomic E-state index is 0. The second kappa shape index (κ2) is 12.7. The molecule has 0 aliphatic heterocycles. The first-order valence-corrected chi connectivity index (χ1v) is 9.70. The minimum atomic E-state index is -4.03. The van der Waals surface area contributed by atoms with E-state index in [-0.39, 0.29) is 47.3 Å². The summed E-state index contributed by atoms with van der Waals surface area (Å²) < 4.78 is 30.2. The van der Waals surface area contributed by atoms with Gasteiger partial charge in [0.1, 0.15) is 3.53 Å². The van der Waals surface area contributed by atoms with Gasteiger partial charge in [0.2, 0.25) is 5.91 Å². The molecule has 1 amide bonds. The average molecular weight is 370 g/mol. The summed E-state index contributed by atoms with van der Waals surface area (Å²) >= 11 is 7.98. The maximum atomic E-state index is 11.6. The van der Waals surface area contributed by atoms with E-state index in [0.717, 1.165) is 18.6 Å². The Morgan fingerprint density at radius 2 is 2.05 bits per heavy atom. The molecule has 0 saturated heterocycles. The average Bonchev–Trinajstić information content (AvgIpc) is 2.27. The first kappa shape index (κ1) is 23.4. The van der Waals surface area contributed by atoms with Crippen molar-refractivity contribution in [2.75, 3.05) is 18.1 Å². The number of nitrogens with one attached hydrogen (secondary N) is 1. The van der Waals surface area contributed by atoms with E-state index in [0.29, 0.717) is 3.53 Å². The van der Waals surface area contributed by atoms with Gasteiger partial charge in [-0.05, 0) is 19.1 Å². The van der Waals surface area contributed by atoms with E-state index in [1.54, 1.807) is 18.7 Å². The van der Waals surface area contributed by atoms with Crippen LogP contribution in [0.1, 0.15) is 26.7 Å². The van der Waals surface area contributed by atoms with Crippen LogP contribution >= 0.6 is 35.7 Å². The summed E-state index contributed by atoms with van der Waals surface area (Å²) in [5.74, 6) is 0.178. The maximum absolute atomic E-state index is 11.6. The number of carbonyl (C=O) groups is 1. The van der Waals surface area contributed by atoms with Gasteiger partial charge < -0.3 is 5.32 Å². The molecule has 1 unspecified atom stereocenters.